The summed E-state index contributed by atoms with van der Waals surface area (Å²) in [5.41, 5.74) is 2.13. The summed E-state index contributed by atoms with van der Waals surface area (Å²) in [6.45, 7) is 3.87. The monoisotopic (exact) mass is 489 g/mol. The van der Waals surface area contributed by atoms with Gasteiger partial charge in [-0.05, 0) is 54.9 Å². The molecular formula is C27H27N3O4S. The molecule has 0 bridgehead atoms. The Morgan fingerprint density at radius 1 is 0.943 bits per heavy atom. The molecule has 2 saturated heterocycles. The number of ketones is 1. The maximum absolute atomic E-state index is 13.3. The number of carbonyl (C=O) groups is 2. The van der Waals surface area contributed by atoms with E-state index in [2.05, 4.69) is 16.8 Å². The number of benzene rings is 2. The summed E-state index contributed by atoms with van der Waals surface area (Å²) in [4.78, 5) is 33.5. The largest absolute Gasteiger partial charge is 0.507 e. The van der Waals surface area contributed by atoms with Gasteiger partial charge in [-0.25, -0.2) is 0 Å². The lowest BCUT2D eigenvalue weighted by Crippen LogP contribution is -2.44. The first-order valence-electron chi connectivity index (χ1n) is 11.5. The third-order valence-electron chi connectivity index (χ3n) is 6.62. The Bertz CT molecular complexity index is 1260. The predicted octanol–water partition coefficient (Wildman–Crippen LogP) is 4.13. The zero-order valence-electron chi connectivity index (χ0n) is 19.7. The van der Waals surface area contributed by atoms with Crippen LogP contribution in [0.5, 0.6) is 5.75 Å². The highest BCUT2D eigenvalue weighted by Gasteiger charge is 2.47. The number of anilines is 2. The van der Waals surface area contributed by atoms with E-state index in [-0.39, 0.29) is 11.3 Å². The molecule has 0 aliphatic carbocycles. The summed E-state index contributed by atoms with van der Waals surface area (Å²) in [6, 6.07) is 17.7. The Kier molecular flexibility index (Phi) is 6.32. The van der Waals surface area contributed by atoms with E-state index in [1.165, 1.54) is 23.3 Å². The van der Waals surface area contributed by atoms with Crippen molar-refractivity contribution in [1.82, 2.24) is 4.90 Å². The summed E-state index contributed by atoms with van der Waals surface area (Å²) >= 11 is 1.44. The van der Waals surface area contributed by atoms with Gasteiger partial charge in [-0.1, -0.05) is 18.2 Å². The molecule has 1 aromatic heterocycles. The Balaban J connectivity index is 1.56. The smallest absolute Gasteiger partial charge is 0.300 e. The highest BCUT2D eigenvalue weighted by molar-refractivity contribution is 7.10. The first-order valence-corrected chi connectivity index (χ1v) is 12.4. The van der Waals surface area contributed by atoms with Gasteiger partial charge in [-0.3, -0.25) is 14.5 Å². The van der Waals surface area contributed by atoms with E-state index in [4.69, 9.17) is 4.74 Å². The number of carbonyl (C=O) groups excluding carboxylic acids is 2. The zero-order valence-corrected chi connectivity index (χ0v) is 20.5. The number of methoxy groups -OCH3 is 1. The van der Waals surface area contributed by atoms with E-state index in [1.807, 2.05) is 41.8 Å². The van der Waals surface area contributed by atoms with Crippen LogP contribution in [-0.4, -0.2) is 62.0 Å². The number of aliphatic hydroxyl groups is 1. The predicted molar refractivity (Wildman–Crippen MR) is 138 cm³/mol. The molecule has 0 saturated carbocycles. The lowest BCUT2D eigenvalue weighted by molar-refractivity contribution is -0.132. The van der Waals surface area contributed by atoms with Crippen LogP contribution in [0.3, 0.4) is 0 Å². The first-order chi connectivity index (χ1) is 17.0. The summed E-state index contributed by atoms with van der Waals surface area (Å²) < 4.78 is 5.39. The number of rotatable bonds is 5. The van der Waals surface area contributed by atoms with Gasteiger partial charge in [0.15, 0.2) is 0 Å². The molecule has 5 rings (SSSR count). The van der Waals surface area contributed by atoms with Crippen molar-refractivity contribution in [2.75, 3.05) is 50.1 Å². The Labute approximate surface area is 208 Å². The topological polar surface area (TPSA) is 73.3 Å². The maximum Gasteiger partial charge on any atom is 0.300 e. The van der Waals surface area contributed by atoms with Crippen LogP contribution in [0.2, 0.25) is 0 Å². The van der Waals surface area contributed by atoms with Crippen molar-refractivity contribution in [3.05, 3.63) is 82.1 Å². The van der Waals surface area contributed by atoms with Gasteiger partial charge >= 0.3 is 0 Å². The molecule has 3 heterocycles. The van der Waals surface area contributed by atoms with E-state index in [0.29, 0.717) is 17.0 Å². The van der Waals surface area contributed by atoms with Gasteiger partial charge in [-0.15, -0.1) is 11.3 Å². The number of amides is 1. The number of hydrogen-bond acceptors (Lipinski definition) is 7. The molecular weight excluding hydrogens is 462 g/mol. The molecule has 1 N–H and O–H groups in total. The molecule has 35 heavy (non-hydrogen) atoms. The van der Waals surface area contributed by atoms with Crippen LogP contribution in [0.15, 0.2) is 71.6 Å². The second-order valence-electron chi connectivity index (χ2n) is 8.69. The molecule has 8 heteroatoms. The summed E-state index contributed by atoms with van der Waals surface area (Å²) in [6.07, 6.45) is 0. The fraction of sp³-hybridized carbons (Fsp3) is 0.259. The van der Waals surface area contributed by atoms with Crippen LogP contribution >= 0.6 is 11.3 Å². The van der Waals surface area contributed by atoms with Crippen molar-refractivity contribution < 1.29 is 19.4 Å². The maximum atomic E-state index is 13.3. The number of nitrogens with zero attached hydrogens (tertiary/aromatic N) is 3. The fourth-order valence-corrected chi connectivity index (χ4v) is 5.51. The van der Waals surface area contributed by atoms with Gasteiger partial charge in [0.2, 0.25) is 0 Å². The Hall–Kier alpha value is -3.62. The van der Waals surface area contributed by atoms with E-state index in [9.17, 15) is 14.7 Å². The lowest BCUT2D eigenvalue weighted by Gasteiger charge is -2.34. The van der Waals surface area contributed by atoms with Gasteiger partial charge in [0, 0.05) is 42.4 Å². The second kappa shape index (κ2) is 9.56. The number of piperazine rings is 1. The number of Topliss-reactive ketones (excluding diaryl/α,β-unsaturated/α-hetero) is 1. The zero-order chi connectivity index (χ0) is 24.5. The van der Waals surface area contributed by atoms with Crippen molar-refractivity contribution in [2.45, 2.75) is 6.04 Å². The van der Waals surface area contributed by atoms with Crippen molar-refractivity contribution in [2.24, 2.45) is 0 Å². The molecule has 0 spiro atoms. The van der Waals surface area contributed by atoms with Gasteiger partial charge < -0.3 is 19.6 Å². The molecule has 1 unspecified atom stereocenters. The molecule has 180 valence electrons. The average molecular weight is 490 g/mol. The van der Waals surface area contributed by atoms with Crippen LogP contribution < -0.4 is 14.5 Å². The highest BCUT2D eigenvalue weighted by atomic mass is 32.1. The van der Waals surface area contributed by atoms with E-state index >= 15 is 0 Å². The van der Waals surface area contributed by atoms with E-state index in [1.54, 1.807) is 24.3 Å². The molecule has 1 atom stereocenters. The van der Waals surface area contributed by atoms with Gasteiger partial charge in [0.05, 0.1) is 18.2 Å². The summed E-state index contributed by atoms with van der Waals surface area (Å²) in [7, 11) is 3.62. The minimum atomic E-state index is -0.727. The minimum absolute atomic E-state index is 0.0603. The quantitative estimate of drug-likeness (QED) is 0.330. The molecule has 7 nitrogen and oxygen atoms in total. The molecule has 2 aliphatic rings. The molecule has 1 amide bonds. The average Bonchev–Trinajstić information content (AvgIpc) is 3.51. The lowest BCUT2D eigenvalue weighted by atomic mass is 9.99. The number of ether oxygens (including phenoxy) is 1. The van der Waals surface area contributed by atoms with Crippen LogP contribution in [0.4, 0.5) is 11.4 Å². The third kappa shape index (κ3) is 4.19. The Morgan fingerprint density at radius 2 is 1.63 bits per heavy atom. The van der Waals surface area contributed by atoms with Gasteiger partial charge in [-0.2, -0.15) is 0 Å². The number of likely N-dealkylation sites (N-methyl/N-ethyl adjacent to an activating group) is 1. The van der Waals surface area contributed by atoms with Crippen LogP contribution in [0, 0.1) is 0 Å². The van der Waals surface area contributed by atoms with Crippen LogP contribution in [0.25, 0.3) is 5.76 Å². The minimum Gasteiger partial charge on any atom is -0.507 e. The first kappa shape index (κ1) is 23.1. The Morgan fingerprint density at radius 3 is 2.29 bits per heavy atom. The SMILES string of the molecule is COc1ccccc1/C(O)=C1/C(=O)C(=O)N(c2ccc(N3CCN(C)CC3)cc2)C1c1cccs1. The van der Waals surface area contributed by atoms with Gasteiger partial charge in [0.1, 0.15) is 17.6 Å². The van der Waals surface area contributed by atoms with Crippen LogP contribution in [0.1, 0.15) is 16.5 Å². The van der Waals surface area contributed by atoms with Crippen LogP contribution in [-0.2, 0) is 9.59 Å². The van der Waals surface area contributed by atoms with E-state index < -0.39 is 17.7 Å². The van der Waals surface area contributed by atoms with E-state index in [0.717, 1.165) is 36.7 Å². The van der Waals surface area contributed by atoms with Crippen molar-refractivity contribution in [1.29, 1.82) is 0 Å². The second-order valence-corrected chi connectivity index (χ2v) is 9.67. The number of para-hydroxylation sites is 1. The normalized spacial score (nSPS) is 20.5. The molecule has 2 aliphatic heterocycles. The molecule has 3 aromatic rings. The number of aliphatic hydroxyl groups excluding tert-OH is 1. The molecule has 2 aromatic carbocycles. The summed E-state index contributed by atoms with van der Waals surface area (Å²) in [5, 5.41) is 13.2. The molecule has 2 fully saturated rings. The van der Waals surface area contributed by atoms with Gasteiger partial charge in [0.25, 0.3) is 11.7 Å². The van der Waals surface area contributed by atoms with Crippen molar-refractivity contribution >= 4 is 40.2 Å². The standard InChI is InChI=1S/C27H27N3O4S/c1-28-13-15-29(16-14-28)18-9-11-19(12-10-18)30-24(22-8-5-17-35-22)23(26(32)27(30)33)25(31)20-6-3-4-7-21(20)34-2/h3-12,17,24,31H,13-16H2,1-2H3/b25-23-. The third-order valence-corrected chi connectivity index (χ3v) is 7.54. The highest BCUT2D eigenvalue weighted by Crippen LogP contribution is 2.44. The fourth-order valence-electron chi connectivity index (χ4n) is 4.69. The number of thiophene rings is 1. The van der Waals surface area contributed by atoms with Crippen molar-refractivity contribution in [3.63, 3.8) is 0 Å². The molecule has 0 radical (unpaired) electrons. The number of hydrogen-bond donors (Lipinski definition) is 1. The van der Waals surface area contributed by atoms with Crippen molar-refractivity contribution in [3.8, 4) is 5.75 Å². The summed E-state index contributed by atoms with van der Waals surface area (Å²) in [5.74, 6) is -1.18.